The number of likely N-dealkylation sites (N-methyl/N-ethyl adjacent to an activating group) is 1. The Morgan fingerprint density at radius 3 is 2.65 bits per heavy atom. The minimum absolute atomic E-state index is 0.346. The van der Waals surface area contributed by atoms with Crippen molar-refractivity contribution in [3.8, 4) is 0 Å². The molecule has 0 aliphatic rings. The monoisotopic (exact) mass is 276 g/mol. The van der Waals surface area contributed by atoms with Crippen molar-refractivity contribution in [3.63, 3.8) is 0 Å². The van der Waals surface area contributed by atoms with Gasteiger partial charge in [-0.15, -0.1) is 0 Å². The molecule has 0 bridgehead atoms. The molecule has 0 unspecified atom stereocenters. The highest BCUT2D eigenvalue weighted by Crippen LogP contribution is 2.22. The third-order valence-electron chi connectivity index (χ3n) is 3.05. The van der Waals surface area contributed by atoms with E-state index in [-0.39, 0.29) is 12.5 Å². The van der Waals surface area contributed by atoms with Gasteiger partial charge in [-0.25, -0.2) is 4.98 Å². The second-order valence-corrected chi connectivity index (χ2v) is 4.77. The molecular formula is C13H16N4O3. The molecule has 0 spiro atoms. The van der Waals surface area contributed by atoms with Gasteiger partial charge >= 0.3 is 5.97 Å². The van der Waals surface area contributed by atoms with Gasteiger partial charge < -0.3 is 10.0 Å². The molecule has 7 heteroatoms. The van der Waals surface area contributed by atoms with Crippen molar-refractivity contribution in [2.45, 2.75) is 13.8 Å². The standard InChI is InChI=1S/C13H16N4O3/c1-7-5-9(13(20)16(3)6-10(18)19)11-8(2)15-17(4)12(11)14-7/h5H,6H2,1-4H3,(H,18,19). The molecule has 0 radical (unpaired) electrons. The topological polar surface area (TPSA) is 88.3 Å². The van der Waals surface area contributed by atoms with E-state index < -0.39 is 5.97 Å². The number of hydrogen-bond donors (Lipinski definition) is 1. The Bertz CT molecular complexity index is 705. The van der Waals surface area contributed by atoms with Gasteiger partial charge in [0.25, 0.3) is 5.91 Å². The molecule has 0 atom stereocenters. The van der Waals surface area contributed by atoms with E-state index in [0.29, 0.717) is 28.0 Å². The third-order valence-corrected chi connectivity index (χ3v) is 3.05. The summed E-state index contributed by atoms with van der Waals surface area (Å²) in [7, 11) is 3.22. The lowest BCUT2D eigenvalue weighted by atomic mass is 10.1. The molecule has 0 aromatic carbocycles. The maximum atomic E-state index is 12.4. The lowest BCUT2D eigenvalue weighted by Crippen LogP contribution is -2.32. The minimum Gasteiger partial charge on any atom is -0.480 e. The fourth-order valence-corrected chi connectivity index (χ4v) is 2.22. The maximum Gasteiger partial charge on any atom is 0.323 e. The first-order chi connectivity index (χ1) is 9.31. The Hall–Kier alpha value is -2.44. The summed E-state index contributed by atoms with van der Waals surface area (Å²) in [6, 6.07) is 1.66. The molecule has 1 N–H and O–H groups in total. The number of nitrogens with zero attached hydrogens (tertiary/aromatic N) is 4. The molecule has 2 aromatic heterocycles. The van der Waals surface area contributed by atoms with E-state index in [1.165, 1.54) is 11.9 Å². The van der Waals surface area contributed by atoms with E-state index >= 15 is 0 Å². The zero-order valence-electron chi connectivity index (χ0n) is 11.8. The molecule has 20 heavy (non-hydrogen) atoms. The number of carbonyl (C=O) groups excluding carboxylic acids is 1. The molecule has 2 heterocycles. The van der Waals surface area contributed by atoms with Gasteiger partial charge in [-0.3, -0.25) is 14.3 Å². The molecule has 1 amide bonds. The maximum absolute atomic E-state index is 12.4. The van der Waals surface area contributed by atoms with Crippen LogP contribution >= 0.6 is 0 Å². The van der Waals surface area contributed by atoms with Crippen molar-refractivity contribution in [3.05, 3.63) is 23.0 Å². The lowest BCUT2D eigenvalue weighted by Gasteiger charge is -2.15. The predicted molar refractivity (Wildman–Crippen MR) is 72.6 cm³/mol. The SMILES string of the molecule is Cc1cc(C(=O)N(C)CC(=O)O)c2c(C)nn(C)c2n1. The smallest absolute Gasteiger partial charge is 0.323 e. The van der Waals surface area contributed by atoms with Crippen LogP contribution in [0.1, 0.15) is 21.7 Å². The minimum atomic E-state index is -1.05. The van der Waals surface area contributed by atoms with Crippen LogP contribution in [0.4, 0.5) is 0 Å². The van der Waals surface area contributed by atoms with E-state index in [9.17, 15) is 9.59 Å². The fourth-order valence-electron chi connectivity index (χ4n) is 2.22. The Morgan fingerprint density at radius 1 is 1.40 bits per heavy atom. The number of carboxylic acid groups (broad SMARTS) is 1. The quantitative estimate of drug-likeness (QED) is 0.893. The Balaban J connectivity index is 2.59. The molecule has 0 saturated heterocycles. The lowest BCUT2D eigenvalue weighted by molar-refractivity contribution is -0.137. The van der Waals surface area contributed by atoms with E-state index in [1.807, 2.05) is 0 Å². The van der Waals surface area contributed by atoms with Crippen molar-refractivity contribution < 1.29 is 14.7 Å². The molecule has 0 saturated carbocycles. The Kier molecular flexibility index (Phi) is 3.44. The molecule has 2 aromatic rings. The number of amides is 1. The second-order valence-electron chi connectivity index (χ2n) is 4.77. The molecule has 2 rings (SSSR count). The summed E-state index contributed by atoms with van der Waals surface area (Å²) >= 11 is 0. The first kappa shape index (κ1) is 14.0. The highest BCUT2D eigenvalue weighted by atomic mass is 16.4. The number of pyridine rings is 1. The van der Waals surface area contributed by atoms with Crippen LogP contribution in [0.25, 0.3) is 11.0 Å². The van der Waals surface area contributed by atoms with Gasteiger partial charge in [0.2, 0.25) is 0 Å². The number of aliphatic carboxylic acids is 1. The van der Waals surface area contributed by atoms with Crippen LogP contribution in [-0.2, 0) is 11.8 Å². The molecular weight excluding hydrogens is 260 g/mol. The average Bonchev–Trinajstić information content (AvgIpc) is 2.62. The van der Waals surface area contributed by atoms with Crippen molar-refractivity contribution in [2.24, 2.45) is 7.05 Å². The first-order valence-electron chi connectivity index (χ1n) is 6.09. The third kappa shape index (κ3) is 2.34. The van der Waals surface area contributed by atoms with Crippen molar-refractivity contribution in [1.82, 2.24) is 19.7 Å². The Labute approximate surface area is 115 Å². The molecule has 7 nitrogen and oxygen atoms in total. The fraction of sp³-hybridized carbons (Fsp3) is 0.385. The number of aryl methyl sites for hydroxylation is 3. The highest BCUT2D eigenvalue weighted by Gasteiger charge is 2.21. The average molecular weight is 276 g/mol. The number of carboxylic acids is 1. The van der Waals surface area contributed by atoms with Crippen molar-refractivity contribution in [2.75, 3.05) is 13.6 Å². The zero-order valence-corrected chi connectivity index (χ0v) is 11.8. The number of hydrogen-bond acceptors (Lipinski definition) is 4. The molecule has 0 aliphatic heterocycles. The van der Waals surface area contributed by atoms with Gasteiger partial charge in [0.15, 0.2) is 5.65 Å². The predicted octanol–water partition coefficient (Wildman–Crippen LogP) is 0.742. The summed E-state index contributed by atoms with van der Waals surface area (Å²) < 4.78 is 1.62. The van der Waals surface area contributed by atoms with Crippen LogP contribution in [0.15, 0.2) is 6.07 Å². The summed E-state index contributed by atoms with van der Waals surface area (Å²) in [5, 5.41) is 13.7. The second kappa shape index (κ2) is 4.92. The van der Waals surface area contributed by atoms with Crippen LogP contribution < -0.4 is 0 Å². The van der Waals surface area contributed by atoms with Crippen LogP contribution in [0.5, 0.6) is 0 Å². The number of rotatable bonds is 3. The van der Waals surface area contributed by atoms with Crippen LogP contribution in [0.3, 0.4) is 0 Å². The van der Waals surface area contributed by atoms with E-state index in [4.69, 9.17) is 5.11 Å². The van der Waals surface area contributed by atoms with E-state index in [0.717, 1.165) is 0 Å². The first-order valence-corrected chi connectivity index (χ1v) is 6.09. The number of aromatic nitrogens is 3. The number of fused-ring (bicyclic) bond motifs is 1. The van der Waals surface area contributed by atoms with Crippen LogP contribution in [0.2, 0.25) is 0 Å². The van der Waals surface area contributed by atoms with Crippen molar-refractivity contribution in [1.29, 1.82) is 0 Å². The highest BCUT2D eigenvalue weighted by molar-refractivity contribution is 6.07. The molecule has 0 aliphatic carbocycles. The van der Waals surface area contributed by atoms with Gasteiger partial charge in [-0.05, 0) is 19.9 Å². The summed E-state index contributed by atoms with van der Waals surface area (Å²) in [6.45, 7) is 3.24. The summed E-state index contributed by atoms with van der Waals surface area (Å²) in [5.41, 5.74) is 2.44. The Morgan fingerprint density at radius 2 is 2.05 bits per heavy atom. The van der Waals surface area contributed by atoms with Gasteiger partial charge in [0.05, 0.1) is 16.6 Å². The zero-order chi connectivity index (χ0) is 15.0. The molecule has 106 valence electrons. The summed E-state index contributed by atoms with van der Waals surface area (Å²) in [6.07, 6.45) is 0. The van der Waals surface area contributed by atoms with Crippen molar-refractivity contribution >= 4 is 22.9 Å². The van der Waals surface area contributed by atoms with Gasteiger partial charge in [0.1, 0.15) is 6.54 Å². The summed E-state index contributed by atoms with van der Waals surface area (Å²) in [4.78, 5) is 28.7. The van der Waals surface area contributed by atoms with E-state index in [1.54, 1.807) is 31.6 Å². The number of carbonyl (C=O) groups is 2. The van der Waals surface area contributed by atoms with Crippen LogP contribution in [-0.4, -0.2) is 50.2 Å². The summed E-state index contributed by atoms with van der Waals surface area (Å²) in [5.74, 6) is -1.40. The normalized spacial score (nSPS) is 10.8. The largest absolute Gasteiger partial charge is 0.480 e. The van der Waals surface area contributed by atoms with Crippen LogP contribution in [0, 0.1) is 13.8 Å². The van der Waals surface area contributed by atoms with Gasteiger partial charge in [0, 0.05) is 19.8 Å². The van der Waals surface area contributed by atoms with Gasteiger partial charge in [-0.2, -0.15) is 5.10 Å². The molecule has 0 fully saturated rings. The van der Waals surface area contributed by atoms with Gasteiger partial charge in [-0.1, -0.05) is 0 Å². The van der Waals surface area contributed by atoms with E-state index in [2.05, 4.69) is 10.1 Å².